The minimum absolute atomic E-state index is 0.0460. The Balaban J connectivity index is 1.47. The summed E-state index contributed by atoms with van der Waals surface area (Å²) in [6.07, 6.45) is 0.670. The largest absolute Gasteiger partial charge is 0.507 e. The highest BCUT2D eigenvalue weighted by atomic mass is 16.5. The summed E-state index contributed by atoms with van der Waals surface area (Å²) in [7, 11) is 3.08. The Morgan fingerprint density at radius 3 is 2.37 bits per heavy atom. The van der Waals surface area contributed by atoms with Crippen molar-refractivity contribution in [2.24, 2.45) is 0 Å². The number of carbonyl (C=O) groups is 2. The van der Waals surface area contributed by atoms with Crippen molar-refractivity contribution >= 4 is 17.4 Å². The summed E-state index contributed by atoms with van der Waals surface area (Å²) in [6.45, 7) is 6.41. The Morgan fingerprint density at radius 1 is 0.930 bits per heavy atom. The maximum absolute atomic E-state index is 13.6. The van der Waals surface area contributed by atoms with E-state index in [1.807, 2.05) is 43.3 Å². The number of hydrogen-bond donors (Lipinski definition) is 1. The van der Waals surface area contributed by atoms with Crippen LogP contribution in [0.25, 0.3) is 5.76 Å². The summed E-state index contributed by atoms with van der Waals surface area (Å²) in [5.74, 6) is 0.0579. The molecule has 226 valence electrons. The molecule has 3 aromatic carbocycles. The van der Waals surface area contributed by atoms with Gasteiger partial charge in [-0.15, -0.1) is 0 Å². The van der Waals surface area contributed by atoms with Gasteiger partial charge in [0.25, 0.3) is 11.7 Å². The van der Waals surface area contributed by atoms with Crippen LogP contribution in [-0.4, -0.2) is 80.2 Å². The van der Waals surface area contributed by atoms with Crippen molar-refractivity contribution in [3.05, 3.63) is 94.6 Å². The Hall–Kier alpha value is -4.34. The minimum Gasteiger partial charge on any atom is -0.507 e. The Morgan fingerprint density at radius 2 is 1.67 bits per heavy atom. The van der Waals surface area contributed by atoms with Crippen molar-refractivity contribution < 1.29 is 33.6 Å². The zero-order valence-electron chi connectivity index (χ0n) is 24.9. The van der Waals surface area contributed by atoms with Gasteiger partial charge in [-0.2, -0.15) is 0 Å². The van der Waals surface area contributed by atoms with Crippen LogP contribution in [0.5, 0.6) is 17.2 Å². The van der Waals surface area contributed by atoms with Crippen molar-refractivity contribution in [2.75, 3.05) is 53.6 Å². The summed E-state index contributed by atoms with van der Waals surface area (Å²) in [5.41, 5.74) is 2.90. The molecule has 0 spiro atoms. The number of rotatable bonds is 11. The van der Waals surface area contributed by atoms with E-state index in [9.17, 15) is 14.7 Å². The first-order valence-corrected chi connectivity index (χ1v) is 14.5. The molecule has 9 heteroatoms. The summed E-state index contributed by atoms with van der Waals surface area (Å²) < 4.78 is 22.3. The molecule has 9 nitrogen and oxygen atoms in total. The number of likely N-dealkylation sites (tertiary alicyclic amines) is 1. The zero-order chi connectivity index (χ0) is 30.3. The predicted molar refractivity (Wildman–Crippen MR) is 162 cm³/mol. The molecule has 1 amide bonds. The highest BCUT2D eigenvalue weighted by Gasteiger charge is 2.46. The van der Waals surface area contributed by atoms with Crippen molar-refractivity contribution in [2.45, 2.75) is 26.0 Å². The second-order valence-corrected chi connectivity index (χ2v) is 10.7. The molecule has 1 N–H and O–H groups in total. The fraction of sp³-hybridized carbons (Fsp3) is 0.353. The summed E-state index contributed by atoms with van der Waals surface area (Å²) in [4.78, 5) is 30.9. The smallest absolute Gasteiger partial charge is 0.295 e. The van der Waals surface area contributed by atoms with Gasteiger partial charge in [0, 0.05) is 31.7 Å². The highest BCUT2D eigenvalue weighted by molar-refractivity contribution is 6.46. The third-order valence-corrected chi connectivity index (χ3v) is 7.94. The second-order valence-electron chi connectivity index (χ2n) is 10.7. The van der Waals surface area contributed by atoms with Gasteiger partial charge in [-0.25, -0.2) is 0 Å². The summed E-state index contributed by atoms with van der Waals surface area (Å²) >= 11 is 0. The SMILES string of the molecule is COc1ccc([C@@H]2C(=C(O)c3ccc(OCc4ccccc4)cc3C)C(=O)C(=O)N2CCCN2CCOCC2)cc1OC. The van der Waals surface area contributed by atoms with Crippen LogP contribution < -0.4 is 14.2 Å². The minimum atomic E-state index is -0.794. The van der Waals surface area contributed by atoms with Gasteiger partial charge in [-0.05, 0) is 60.4 Å². The van der Waals surface area contributed by atoms with E-state index in [1.54, 1.807) is 42.3 Å². The third-order valence-electron chi connectivity index (χ3n) is 7.94. The molecule has 0 radical (unpaired) electrons. The maximum atomic E-state index is 13.6. The van der Waals surface area contributed by atoms with Gasteiger partial charge in [0.05, 0.1) is 39.0 Å². The van der Waals surface area contributed by atoms with E-state index in [4.69, 9.17) is 18.9 Å². The van der Waals surface area contributed by atoms with Crippen molar-refractivity contribution in [3.8, 4) is 17.2 Å². The van der Waals surface area contributed by atoms with Crippen LogP contribution in [0.4, 0.5) is 0 Å². The van der Waals surface area contributed by atoms with Gasteiger partial charge in [0.15, 0.2) is 11.5 Å². The van der Waals surface area contributed by atoms with Crippen LogP contribution in [0.15, 0.2) is 72.3 Å². The van der Waals surface area contributed by atoms with Crippen molar-refractivity contribution in [1.29, 1.82) is 0 Å². The summed E-state index contributed by atoms with van der Waals surface area (Å²) in [6, 6.07) is 19.6. The van der Waals surface area contributed by atoms with Gasteiger partial charge >= 0.3 is 0 Å². The first-order chi connectivity index (χ1) is 20.9. The van der Waals surface area contributed by atoms with Gasteiger partial charge in [0.2, 0.25) is 0 Å². The molecule has 0 saturated carbocycles. The van der Waals surface area contributed by atoms with Crippen LogP contribution in [0, 0.1) is 6.92 Å². The normalized spacial score (nSPS) is 18.6. The van der Waals surface area contributed by atoms with E-state index in [-0.39, 0.29) is 11.3 Å². The number of aryl methyl sites for hydroxylation is 1. The standard InChI is InChI=1S/C34H38N2O7/c1-23-20-26(43-22-24-8-5-4-6-9-24)11-12-27(23)32(37)30-31(25-10-13-28(40-2)29(21-25)41-3)36(34(39)33(30)38)15-7-14-35-16-18-42-19-17-35/h4-6,8-13,20-21,31,37H,7,14-19,22H2,1-3H3/t31-/m1/s1. The monoisotopic (exact) mass is 586 g/mol. The van der Waals surface area contributed by atoms with Crippen LogP contribution in [0.2, 0.25) is 0 Å². The first-order valence-electron chi connectivity index (χ1n) is 14.5. The Kier molecular flexibility index (Phi) is 9.64. The molecule has 2 aliphatic heterocycles. The van der Waals surface area contributed by atoms with E-state index >= 15 is 0 Å². The molecule has 2 heterocycles. The summed E-state index contributed by atoms with van der Waals surface area (Å²) in [5, 5.41) is 11.7. The van der Waals surface area contributed by atoms with E-state index in [0.717, 1.165) is 25.2 Å². The lowest BCUT2D eigenvalue weighted by Gasteiger charge is -2.29. The molecule has 43 heavy (non-hydrogen) atoms. The predicted octanol–water partition coefficient (Wildman–Crippen LogP) is 4.74. The number of ether oxygens (including phenoxy) is 4. The van der Waals surface area contributed by atoms with Crippen LogP contribution in [0.3, 0.4) is 0 Å². The molecule has 2 fully saturated rings. The lowest BCUT2D eigenvalue weighted by atomic mass is 9.93. The van der Waals surface area contributed by atoms with E-state index < -0.39 is 17.7 Å². The molecule has 0 aromatic heterocycles. The molecule has 2 saturated heterocycles. The number of carbonyl (C=O) groups excluding carboxylic acids is 2. The van der Waals surface area contributed by atoms with Gasteiger partial charge in [-0.1, -0.05) is 36.4 Å². The number of morpholine rings is 1. The average molecular weight is 587 g/mol. The number of methoxy groups -OCH3 is 2. The first kappa shape index (κ1) is 30.1. The van der Waals surface area contributed by atoms with Crippen LogP contribution in [0.1, 0.15) is 34.7 Å². The molecule has 5 rings (SSSR count). The molecule has 2 aliphatic rings. The number of Topliss-reactive ketones (excluding diaryl/α,β-unsaturated/α-hetero) is 1. The Labute approximate surface area is 252 Å². The van der Waals surface area contributed by atoms with Gasteiger partial charge < -0.3 is 29.0 Å². The molecule has 0 unspecified atom stereocenters. The molecule has 1 atom stereocenters. The van der Waals surface area contributed by atoms with E-state index in [2.05, 4.69) is 4.90 Å². The number of amides is 1. The molecule has 0 aliphatic carbocycles. The zero-order valence-corrected chi connectivity index (χ0v) is 24.9. The fourth-order valence-corrected chi connectivity index (χ4v) is 5.65. The number of nitrogens with zero attached hydrogens (tertiary/aromatic N) is 2. The van der Waals surface area contributed by atoms with Crippen LogP contribution in [-0.2, 0) is 20.9 Å². The van der Waals surface area contributed by atoms with Crippen molar-refractivity contribution in [3.63, 3.8) is 0 Å². The Bertz CT molecular complexity index is 1480. The van der Waals surface area contributed by atoms with E-state index in [0.29, 0.717) is 66.7 Å². The average Bonchev–Trinajstić information content (AvgIpc) is 3.29. The molecular weight excluding hydrogens is 548 g/mol. The number of hydrogen-bond acceptors (Lipinski definition) is 8. The molecular formula is C34H38N2O7. The lowest BCUT2D eigenvalue weighted by Crippen LogP contribution is -2.39. The fourth-order valence-electron chi connectivity index (χ4n) is 5.65. The number of aliphatic hydroxyl groups is 1. The maximum Gasteiger partial charge on any atom is 0.295 e. The third kappa shape index (κ3) is 6.68. The van der Waals surface area contributed by atoms with Crippen LogP contribution >= 0.6 is 0 Å². The van der Waals surface area contributed by atoms with Gasteiger partial charge in [-0.3, -0.25) is 14.5 Å². The number of ketones is 1. The number of benzene rings is 3. The second kappa shape index (κ2) is 13.8. The topological polar surface area (TPSA) is 97.8 Å². The number of aliphatic hydroxyl groups excluding tert-OH is 1. The molecule has 3 aromatic rings. The quantitative estimate of drug-likeness (QED) is 0.196. The van der Waals surface area contributed by atoms with E-state index in [1.165, 1.54) is 7.11 Å². The molecule has 0 bridgehead atoms. The van der Waals surface area contributed by atoms with Gasteiger partial charge in [0.1, 0.15) is 18.1 Å². The highest BCUT2D eigenvalue weighted by Crippen LogP contribution is 2.42. The van der Waals surface area contributed by atoms with Crippen molar-refractivity contribution in [1.82, 2.24) is 9.80 Å². The lowest BCUT2D eigenvalue weighted by molar-refractivity contribution is -0.140.